The van der Waals surface area contributed by atoms with Gasteiger partial charge in [0, 0.05) is 12.7 Å². The largest absolute Gasteiger partial charge is 0.481 e. The normalized spacial score (nSPS) is 20.0. The van der Waals surface area contributed by atoms with Crippen molar-refractivity contribution >= 4 is 42.6 Å². The zero-order chi connectivity index (χ0) is 14.4. The summed E-state index contributed by atoms with van der Waals surface area (Å²) < 4.78 is 0. The van der Waals surface area contributed by atoms with E-state index in [1.807, 2.05) is 12.1 Å². The molecule has 124 valence electrons. The summed E-state index contributed by atoms with van der Waals surface area (Å²) in [6.45, 7) is 0.699. The molecule has 1 saturated carbocycles. The summed E-state index contributed by atoms with van der Waals surface area (Å²) in [5.41, 5.74) is 0. The number of carbonyl (C=O) groups is 1. The van der Waals surface area contributed by atoms with Crippen LogP contribution in [0.3, 0.4) is 0 Å². The van der Waals surface area contributed by atoms with E-state index in [-0.39, 0.29) is 36.7 Å². The molecule has 0 spiro atoms. The Labute approximate surface area is 142 Å². The van der Waals surface area contributed by atoms with Gasteiger partial charge in [-0.25, -0.2) is 4.98 Å². The lowest BCUT2D eigenvalue weighted by Crippen LogP contribution is -2.35. The van der Waals surface area contributed by atoms with Gasteiger partial charge in [-0.1, -0.05) is 6.07 Å². The number of pyridine rings is 1. The Morgan fingerprint density at radius 2 is 1.95 bits per heavy atom. The lowest BCUT2D eigenvalue weighted by molar-refractivity contribution is -0.143. The van der Waals surface area contributed by atoms with Gasteiger partial charge in [-0.15, -0.1) is 24.8 Å². The molecule has 1 heterocycles. The zero-order valence-electron chi connectivity index (χ0n) is 12.1. The molecule has 2 rings (SSSR count). The minimum atomic E-state index is -0.680. The molecule has 0 aromatic carbocycles. The van der Waals surface area contributed by atoms with Crippen LogP contribution < -0.4 is 10.6 Å². The van der Waals surface area contributed by atoms with E-state index in [0.717, 1.165) is 25.7 Å². The highest BCUT2D eigenvalue weighted by Crippen LogP contribution is 2.28. The summed E-state index contributed by atoms with van der Waals surface area (Å²) in [5, 5.41) is 22.6. The first-order chi connectivity index (χ1) is 9.65. The molecule has 0 amide bonds. The second-order valence-corrected chi connectivity index (χ2v) is 5.15. The third-order valence-electron chi connectivity index (χ3n) is 3.68. The Morgan fingerprint density at radius 1 is 1.27 bits per heavy atom. The third-order valence-corrected chi connectivity index (χ3v) is 3.68. The van der Waals surface area contributed by atoms with Crippen LogP contribution in [0.25, 0.3) is 0 Å². The van der Waals surface area contributed by atoms with Crippen molar-refractivity contribution in [3.8, 4) is 0 Å². The van der Waals surface area contributed by atoms with E-state index in [4.69, 9.17) is 10.5 Å². The topological polar surface area (TPSA) is 98.1 Å². The molecule has 0 bridgehead atoms. The van der Waals surface area contributed by atoms with Gasteiger partial charge in [0.05, 0.1) is 5.92 Å². The van der Waals surface area contributed by atoms with Gasteiger partial charge in [-0.3, -0.25) is 10.2 Å². The molecule has 0 radical (unpaired) electrons. The van der Waals surface area contributed by atoms with Crippen molar-refractivity contribution in [2.45, 2.75) is 25.7 Å². The van der Waals surface area contributed by atoms with Crippen molar-refractivity contribution in [3.63, 3.8) is 0 Å². The predicted octanol–water partition coefficient (Wildman–Crippen LogP) is 2.75. The number of nitrogens with zero attached hydrogens (tertiary/aromatic N) is 1. The van der Waals surface area contributed by atoms with Crippen LogP contribution in [-0.2, 0) is 4.79 Å². The molecule has 0 aliphatic heterocycles. The van der Waals surface area contributed by atoms with E-state index >= 15 is 0 Å². The number of guanidine groups is 1. The maximum Gasteiger partial charge on any atom is 0.306 e. The summed E-state index contributed by atoms with van der Waals surface area (Å²) in [4.78, 5) is 14.9. The lowest BCUT2D eigenvalue weighted by Gasteiger charge is -2.26. The Balaban J connectivity index is 0.00000220. The van der Waals surface area contributed by atoms with Gasteiger partial charge in [-0.05, 0) is 43.7 Å². The predicted molar refractivity (Wildman–Crippen MR) is 91.2 cm³/mol. The Hall–Kier alpha value is -1.53. The molecule has 8 heteroatoms. The smallest absolute Gasteiger partial charge is 0.306 e. The summed E-state index contributed by atoms with van der Waals surface area (Å²) in [6, 6.07) is 5.48. The number of nitrogens with one attached hydrogen (secondary N) is 3. The monoisotopic (exact) mass is 348 g/mol. The van der Waals surface area contributed by atoms with Crippen molar-refractivity contribution in [1.82, 2.24) is 10.3 Å². The number of hydrogen-bond donors (Lipinski definition) is 4. The number of carboxylic acid groups (broad SMARTS) is 1. The van der Waals surface area contributed by atoms with Gasteiger partial charge >= 0.3 is 5.97 Å². The highest BCUT2D eigenvalue weighted by Gasteiger charge is 2.25. The van der Waals surface area contributed by atoms with Crippen molar-refractivity contribution < 1.29 is 9.90 Å². The highest BCUT2D eigenvalue weighted by atomic mass is 35.5. The molecule has 1 fully saturated rings. The molecule has 1 aromatic rings. The second-order valence-electron chi connectivity index (χ2n) is 5.15. The van der Waals surface area contributed by atoms with E-state index in [0.29, 0.717) is 18.3 Å². The van der Waals surface area contributed by atoms with Crippen LogP contribution >= 0.6 is 24.8 Å². The van der Waals surface area contributed by atoms with Crippen molar-refractivity contribution in [3.05, 3.63) is 24.4 Å². The molecule has 0 unspecified atom stereocenters. The van der Waals surface area contributed by atoms with Gasteiger partial charge in [-0.2, -0.15) is 0 Å². The molecular formula is C14H22Cl2N4O2. The Kier molecular flexibility index (Phi) is 9.53. The molecule has 1 aromatic heterocycles. The van der Waals surface area contributed by atoms with Crippen molar-refractivity contribution in [1.29, 1.82) is 5.41 Å². The zero-order valence-corrected chi connectivity index (χ0v) is 13.8. The Bertz CT molecular complexity index is 465. The van der Waals surface area contributed by atoms with Gasteiger partial charge in [0.15, 0.2) is 5.96 Å². The Morgan fingerprint density at radius 3 is 2.50 bits per heavy atom. The van der Waals surface area contributed by atoms with Gasteiger partial charge in [0.25, 0.3) is 0 Å². The lowest BCUT2D eigenvalue weighted by atomic mass is 9.82. The van der Waals surface area contributed by atoms with Crippen LogP contribution in [-0.4, -0.2) is 28.6 Å². The highest BCUT2D eigenvalue weighted by molar-refractivity contribution is 5.90. The standard InChI is InChI=1S/C14H20N4O2.2ClH/c15-14(18-12-3-1-2-8-16-12)17-9-10-4-6-11(7-5-10)13(19)20;;/h1-3,8,10-11H,4-7,9H2,(H,19,20)(H3,15,16,17,18);2*1H/t10-,11-;;. The van der Waals surface area contributed by atoms with Crippen molar-refractivity contribution in [2.24, 2.45) is 11.8 Å². The number of halogens is 2. The van der Waals surface area contributed by atoms with E-state index in [2.05, 4.69) is 15.6 Å². The number of hydrogen-bond acceptors (Lipinski definition) is 3. The molecule has 0 saturated heterocycles. The summed E-state index contributed by atoms with van der Waals surface area (Å²) in [6.07, 6.45) is 4.95. The van der Waals surface area contributed by atoms with Gasteiger partial charge < -0.3 is 15.7 Å². The average Bonchev–Trinajstić information content (AvgIpc) is 2.46. The van der Waals surface area contributed by atoms with Crippen LogP contribution in [0.15, 0.2) is 24.4 Å². The fourth-order valence-corrected chi connectivity index (χ4v) is 2.47. The number of carboxylic acids is 1. The molecule has 22 heavy (non-hydrogen) atoms. The first-order valence-corrected chi connectivity index (χ1v) is 6.88. The first kappa shape index (κ1) is 20.5. The summed E-state index contributed by atoms with van der Waals surface area (Å²) in [7, 11) is 0. The molecule has 1 aliphatic rings. The molecule has 1 aliphatic carbocycles. The number of aromatic nitrogens is 1. The van der Waals surface area contributed by atoms with E-state index in [1.54, 1.807) is 12.3 Å². The van der Waals surface area contributed by atoms with Crippen LogP contribution in [0.4, 0.5) is 5.82 Å². The third kappa shape index (κ3) is 6.49. The minimum Gasteiger partial charge on any atom is -0.481 e. The molecule has 6 nitrogen and oxygen atoms in total. The van der Waals surface area contributed by atoms with E-state index < -0.39 is 5.97 Å². The molecule has 4 N–H and O–H groups in total. The maximum absolute atomic E-state index is 10.9. The fraction of sp³-hybridized carbons (Fsp3) is 0.500. The van der Waals surface area contributed by atoms with Crippen LogP contribution in [0.2, 0.25) is 0 Å². The quantitative estimate of drug-likeness (QED) is 0.495. The van der Waals surface area contributed by atoms with E-state index in [1.165, 1.54) is 0 Å². The van der Waals surface area contributed by atoms with Crippen LogP contribution in [0, 0.1) is 17.2 Å². The van der Waals surface area contributed by atoms with Crippen LogP contribution in [0.5, 0.6) is 0 Å². The minimum absolute atomic E-state index is 0. The first-order valence-electron chi connectivity index (χ1n) is 6.88. The number of anilines is 1. The van der Waals surface area contributed by atoms with Gasteiger partial charge in [0.2, 0.25) is 0 Å². The fourth-order valence-electron chi connectivity index (χ4n) is 2.47. The van der Waals surface area contributed by atoms with E-state index in [9.17, 15) is 4.79 Å². The maximum atomic E-state index is 10.9. The molecular weight excluding hydrogens is 327 g/mol. The molecule has 0 atom stereocenters. The van der Waals surface area contributed by atoms with Crippen LogP contribution in [0.1, 0.15) is 25.7 Å². The second kappa shape index (κ2) is 10.2. The number of aliphatic carboxylic acids is 1. The SMILES string of the molecule is Cl.Cl.N=C(NC[C@H]1CC[C@H](C(=O)O)CC1)Nc1ccccn1. The van der Waals surface area contributed by atoms with Crippen molar-refractivity contribution in [2.75, 3.05) is 11.9 Å². The number of rotatable bonds is 4. The van der Waals surface area contributed by atoms with Gasteiger partial charge in [0.1, 0.15) is 5.82 Å². The summed E-state index contributed by atoms with van der Waals surface area (Å²) in [5.74, 6) is 0.443. The average molecular weight is 349 g/mol. The summed E-state index contributed by atoms with van der Waals surface area (Å²) >= 11 is 0.